The Balaban J connectivity index is 2.27. The van der Waals surface area contributed by atoms with Gasteiger partial charge in [0.1, 0.15) is 5.75 Å². The third-order valence-corrected chi connectivity index (χ3v) is 2.83. The van der Waals surface area contributed by atoms with Crippen LogP contribution < -0.4 is 4.90 Å². The molecule has 1 saturated heterocycles. The van der Waals surface area contributed by atoms with Crippen LogP contribution in [0.25, 0.3) is 0 Å². The minimum absolute atomic E-state index is 0.0949. The molecule has 0 aromatic heterocycles. The highest BCUT2D eigenvalue weighted by Gasteiger charge is 2.28. The summed E-state index contributed by atoms with van der Waals surface area (Å²) >= 11 is 3.41. The van der Waals surface area contributed by atoms with E-state index < -0.39 is 0 Å². The highest BCUT2D eigenvalue weighted by molar-refractivity contribution is 9.09. The first-order valence-electron chi connectivity index (χ1n) is 4.40. The van der Waals surface area contributed by atoms with E-state index in [1.54, 1.807) is 23.1 Å². The van der Waals surface area contributed by atoms with Crippen molar-refractivity contribution in [1.29, 1.82) is 0 Å². The Morgan fingerprint density at radius 1 is 1.50 bits per heavy atom. The van der Waals surface area contributed by atoms with Gasteiger partial charge in [0.05, 0.1) is 0 Å². The second kappa shape index (κ2) is 3.61. The fraction of sp³-hybridized carbons (Fsp3) is 0.300. The van der Waals surface area contributed by atoms with Gasteiger partial charge in [0.2, 0.25) is 5.91 Å². The summed E-state index contributed by atoms with van der Waals surface area (Å²) in [6, 6.07) is 6.75. The highest BCUT2D eigenvalue weighted by Crippen LogP contribution is 2.27. The van der Waals surface area contributed by atoms with Crippen LogP contribution in [0.1, 0.15) is 6.42 Å². The molecule has 2 rings (SSSR count). The predicted molar refractivity (Wildman–Crippen MR) is 57.8 cm³/mol. The fourth-order valence-electron chi connectivity index (χ4n) is 1.57. The molecule has 0 aliphatic carbocycles. The average Bonchev–Trinajstić information content (AvgIpc) is 2.45. The monoisotopic (exact) mass is 255 g/mol. The summed E-state index contributed by atoms with van der Waals surface area (Å²) < 4.78 is 0. The number of rotatable bonds is 1. The first-order valence-corrected chi connectivity index (χ1v) is 5.32. The van der Waals surface area contributed by atoms with Crippen LogP contribution in [0.15, 0.2) is 24.3 Å². The number of alkyl halides is 1. The van der Waals surface area contributed by atoms with Crippen LogP contribution in [0.2, 0.25) is 0 Å². The van der Waals surface area contributed by atoms with E-state index in [4.69, 9.17) is 0 Å². The van der Waals surface area contributed by atoms with E-state index in [-0.39, 0.29) is 16.5 Å². The maximum Gasteiger partial charge on any atom is 0.228 e. The number of halogens is 1. The second-order valence-corrected chi connectivity index (χ2v) is 4.62. The number of amides is 1. The summed E-state index contributed by atoms with van der Waals surface area (Å²) in [4.78, 5) is 13.4. The Hall–Kier alpha value is -1.03. The van der Waals surface area contributed by atoms with Crippen LogP contribution in [0, 0.1) is 0 Å². The molecule has 0 saturated carbocycles. The van der Waals surface area contributed by atoms with E-state index in [0.29, 0.717) is 13.0 Å². The lowest BCUT2D eigenvalue weighted by Gasteiger charge is -2.15. The number of hydrogen-bond acceptors (Lipinski definition) is 2. The molecule has 1 aromatic carbocycles. The van der Waals surface area contributed by atoms with Crippen molar-refractivity contribution in [2.24, 2.45) is 0 Å². The Kier molecular flexibility index (Phi) is 2.46. The second-order valence-electron chi connectivity index (χ2n) is 3.33. The van der Waals surface area contributed by atoms with Crippen LogP contribution in [0.3, 0.4) is 0 Å². The number of anilines is 1. The number of carbonyl (C=O) groups is 1. The molecule has 0 bridgehead atoms. The fourth-order valence-corrected chi connectivity index (χ4v) is 2.14. The van der Waals surface area contributed by atoms with E-state index in [9.17, 15) is 9.90 Å². The van der Waals surface area contributed by atoms with Gasteiger partial charge in [0.15, 0.2) is 0 Å². The van der Waals surface area contributed by atoms with Gasteiger partial charge in [-0.25, -0.2) is 0 Å². The van der Waals surface area contributed by atoms with E-state index in [1.807, 2.05) is 6.07 Å². The van der Waals surface area contributed by atoms with E-state index >= 15 is 0 Å². The van der Waals surface area contributed by atoms with Gasteiger partial charge in [-0.05, 0) is 12.1 Å². The van der Waals surface area contributed by atoms with Crippen LogP contribution in [0.4, 0.5) is 5.69 Å². The van der Waals surface area contributed by atoms with Crippen molar-refractivity contribution < 1.29 is 9.90 Å². The van der Waals surface area contributed by atoms with Gasteiger partial charge in [-0.15, -0.1) is 0 Å². The molecule has 74 valence electrons. The first-order chi connectivity index (χ1) is 6.66. The largest absolute Gasteiger partial charge is 0.508 e. The van der Waals surface area contributed by atoms with E-state index in [1.165, 1.54) is 0 Å². The van der Waals surface area contributed by atoms with Crippen molar-refractivity contribution in [3.05, 3.63) is 24.3 Å². The van der Waals surface area contributed by atoms with E-state index in [0.717, 1.165) is 5.69 Å². The Morgan fingerprint density at radius 2 is 2.29 bits per heavy atom. The zero-order valence-electron chi connectivity index (χ0n) is 7.48. The van der Waals surface area contributed by atoms with Gasteiger partial charge in [-0.3, -0.25) is 4.79 Å². The van der Waals surface area contributed by atoms with Gasteiger partial charge < -0.3 is 10.0 Å². The number of phenols is 1. The van der Waals surface area contributed by atoms with Crippen molar-refractivity contribution in [3.63, 3.8) is 0 Å². The molecule has 3 nitrogen and oxygen atoms in total. The highest BCUT2D eigenvalue weighted by atomic mass is 79.9. The third-order valence-electron chi connectivity index (χ3n) is 2.22. The maximum atomic E-state index is 11.5. The molecule has 1 N–H and O–H groups in total. The number of aromatic hydroxyl groups is 1. The first kappa shape index (κ1) is 9.52. The molecule has 1 atom stereocenters. The molecule has 14 heavy (non-hydrogen) atoms. The minimum atomic E-state index is 0.0949. The normalized spacial score (nSPS) is 21.6. The molecule has 1 aliphatic rings. The number of phenolic OH excluding ortho intramolecular Hbond substituents is 1. The molecular formula is C10H10BrNO2. The summed E-state index contributed by atoms with van der Waals surface area (Å²) in [5, 5.41) is 9.28. The van der Waals surface area contributed by atoms with Crippen molar-refractivity contribution in [3.8, 4) is 5.75 Å². The maximum absolute atomic E-state index is 11.5. The molecule has 1 aromatic rings. The lowest BCUT2D eigenvalue weighted by atomic mass is 10.3. The van der Waals surface area contributed by atoms with Gasteiger partial charge in [0, 0.05) is 29.5 Å². The van der Waals surface area contributed by atoms with Crippen LogP contribution in [-0.2, 0) is 4.79 Å². The van der Waals surface area contributed by atoms with Gasteiger partial charge >= 0.3 is 0 Å². The molecule has 1 aliphatic heterocycles. The van der Waals surface area contributed by atoms with Gasteiger partial charge in [-0.1, -0.05) is 22.0 Å². The van der Waals surface area contributed by atoms with Gasteiger partial charge in [-0.2, -0.15) is 0 Å². The zero-order valence-corrected chi connectivity index (χ0v) is 9.07. The zero-order chi connectivity index (χ0) is 10.1. The van der Waals surface area contributed by atoms with Crippen molar-refractivity contribution in [2.45, 2.75) is 11.2 Å². The van der Waals surface area contributed by atoms with Crippen LogP contribution >= 0.6 is 15.9 Å². The van der Waals surface area contributed by atoms with Crippen LogP contribution in [0.5, 0.6) is 5.75 Å². The Morgan fingerprint density at radius 3 is 2.86 bits per heavy atom. The predicted octanol–water partition coefficient (Wildman–Crippen LogP) is 1.89. The summed E-state index contributed by atoms with van der Waals surface area (Å²) in [6.07, 6.45) is 0.523. The lowest BCUT2D eigenvalue weighted by Crippen LogP contribution is -2.24. The summed E-state index contributed by atoms with van der Waals surface area (Å²) in [6.45, 7) is 0.669. The molecule has 1 heterocycles. The van der Waals surface area contributed by atoms with Gasteiger partial charge in [0.25, 0.3) is 0 Å². The Labute approximate surface area is 90.5 Å². The number of carbonyl (C=O) groups excluding carboxylic acids is 1. The molecule has 0 radical (unpaired) electrons. The SMILES string of the molecule is O=C1CC(Br)CN1c1cccc(O)c1. The number of hydrogen-bond donors (Lipinski definition) is 1. The average molecular weight is 256 g/mol. The topological polar surface area (TPSA) is 40.5 Å². The standard InChI is InChI=1S/C10H10BrNO2/c11-7-4-10(14)12(6-7)8-2-1-3-9(13)5-8/h1-3,5,7,13H,4,6H2. The quantitative estimate of drug-likeness (QED) is 0.779. The molecule has 1 fully saturated rings. The molecule has 4 heteroatoms. The third kappa shape index (κ3) is 1.75. The summed E-state index contributed by atoms with van der Waals surface area (Å²) in [5.41, 5.74) is 0.761. The van der Waals surface area contributed by atoms with Crippen molar-refractivity contribution in [2.75, 3.05) is 11.4 Å². The smallest absolute Gasteiger partial charge is 0.228 e. The summed E-state index contributed by atoms with van der Waals surface area (Å²) in [5.74, 6) is 0.283. The Bertz CT molecular complexity index is 367. The molecule has 1 unspecified atom stereocenters. The molecular weight excluding hydrogens is 246 g/mol. The number of benzene rings is 1. The number of nitrogens with zero attached hydrogens (tertiary/aromatic N) is 1. The summed E-state index contributed by atoms with van der Waals surface area (Å²) in [7, 11) is 0. The molecule has 0 spiro atoms. The van der Waals surface area contributed by atoms with Crippen LogP contribution in [-0.4, -0.2) is 22.4 Å². The molecule has 1 amide bonds. The van der Waals surface area contributed by atoms with Crippen molar-refractivity contribution >= 4 is 27.5 Å². The lowest BCUT2D eigenvalue weighted by molar-refractivity contribution is -0.117. The van der Waals surface area contributed by atoms with Crippen molar-refractivity contribution in [1.82, 2.24) is 0 Å². The minimum Gasteiger partial charge on any atom is -0.508 e. The van der Waals surface area contributed by atoms with E-state index in [2.05, 4.69) is 15.9 Å².